The number of hydrogen-bond acceptors (Lipinski definition) is 8. The molecule has 3 rings (SSSR count). The van der Waals surface area contributed by atoms with Gasteiger partial charge in [-0.25, -0.2) is 13.4 Å². The number of amides is 1. The number of nitrogens with one attached hydrogen (secondary N) is 3. The Hall–Kier alpha value is -4.19. The molecule has 0 saturated carbocycles. The van der Waals surface area contributed by atoms with E-state index in [1.165, 1.54) is 35.9 Å². The van der Waals surface area contributed by atoms with Crippen LogP contribution in [0.3, 0.4) is 0 Å². The maximum atomic E-state index is 13.3. The molecule has 0 radical (unpaired) electrons. The van der Waals surface area contributed by atoms with Gasteiger partial charge in [0.25, 0.3) is 5.56 Å². The quantitative estimate of drug-likeness (QED) is 0.150. The van der Waals surface area contributed by atoms with E-state index < -0.39 is 21.3 Å². The first-order valence-corrected chi connectivity index (χ1v) is 13.3. The van der Waals surface area contributed by atoms with E-state index in [2.05, 4.69) is 15.6 Å². The molecular formula is C25H31N7O4S. The molecule has 1 amide bonds. The van der Waals surface area contributed by atoms with Gasteiger partial charge in [0.05, 0.1) is 22.5 Å². The summed E-state index contributed by atoms with van der Waals surface area (Å²) in [7, 11) is -3.57. The molecule has 0 saturated heterocycles. The summed E-state index contributed by atoms with van der Waals surface area (Å²) < 4.78 is 26.2. The molecule has 0 spiro atoms. The first-order valence-electron chi connectivity index (χ1n) is 11.6. The average Bonchev–Trinajstić information content (AvgIpc) is 2.84. The fourth-order valence-electron chi connectivity index (χ4n) is 3.57. The van der Waals surface area contributed by atoms with Crippen LogP contribution >= 0.6 is 0 Å². The van der Waals surface area contributed by atoms with Gasteiger partial charge in [0.2, 0.25) is 5.91 Å². The fraction of sp³-hybridized carbons (Fsp3) is 0.280. The van der Waals surface area contributed by atoms with Crippen LogP contribution < -0.4 is 27.7 Å². The van der Waals surface area contributed by atoms with Gasteiger partial charge in [-0.2, -0.15) is 0 Å². The van der Waals surface area contributed by atoms with Gasteiger partial charge in [0.1, 0.15) is 12.4 Å². The molecule has 37 heavy (non-hydrogen) atoms. The third-order valence-corrected chi connectivity index (χ3v) is 7.21. The first-order chi connectivity index (χ1) is 17.4. The van der Waals surface area contributed by atoms with Crippen molar-refractivity contribution in [1.82, 2.24) is 14.9 Å². The number of nitrogens with zero attached hydrogens (tertiary/aromatic N) is 2. The highest BCUT2D eigenvalue weighted by molar-refractivity contribution is 7.91. The average molecular weight is 526 g/mol. The predicted octanol–water partition coefficient (Wildman–Crippen LogP) is 1.71. The van der Waals surface area contributed by atoms with Gasteiger partial charge in [-0.05, 0) is 37.6 Å². The lowest BCUT2D eigenvalue weighted by Crippen LogP contribution is -2.35. The second-order valence-corrected chi connectivity index (χ2v) is 11.0. The Morgan fingerprint density at radius 1 is 1.16 bits per heavy atom. The summed E-state index contributed by atoms with van der Waals surface area (Å²) >= 11 is 0. The summed E-state index contributed by atoms with van der Waals surface area (Å²) in [5, 5.41) is 13.2. The van der Waals surface area contributed by atoms with Crippen molar-refractivity contribution >= 4 is 33.1 Å². The molecule has 3 aromatic rings. The van der Waals surface area contributed by atoms with Crippen molar-refractivity contribution in [3.05, 3.63) is 70.1 Å². The Morgan fingerprint density at radius 2 is 1.84 bits per heavy atom. The SMILES string of the molecule is CCS(=O)(=O)c1cc(N)cc(-c2cnc(NC(C)C)c(=O)n2CC(=O)NCc2ccc(C(=N)N)cc2)c1. The zero-order chi connectivity index (χ0) is 27.3. The molecule has 0 unspecified atom stereocenters. The Morgan fingerprint density at radius 3 is 2.43 bits per heavy atom. The lowest BCUT2D eigenvalue weighted by atomic mass is 10.1. The molecule has 2 aromatic carbocycles. The molecule has 0 fully saturated rings. The van der Waals surface area contributed by atoms with Gasteiger partial charge in [-0.1, -0.05) is 31.2 Å². The largest absolute Gasteiger partial charge is 0.399 e. The molecule has 196 valence electrons. The molecule has 12 heteroatoms. The number of sulfone groups is 1. The van der Waals surface area contributed by atoms with Crippen LogP contribution in [0.15, 0.2) is 58.4 Å². The van der Waals surface area contributed by atoms with E-state index in [0.29, 0.717) is 11.1 Å². The Labute approximate surface area is 215 Å². The van der Waals surface area contributed by atoms with Gasteiger partial charge in [0.15, 0.2) is 15.7 Å². The number of amidine groups is 1. The van der Waals surface area contributed by atoms with Crippen LogP contribution in [0.5, 0.6) is 0 Å². The van der Waals surface area contributed by atoms with Gasteiger partial charge < -0.3 is 22.1 Å². The maximum absolute atomic E-state index is 13.3. The van der Waals surface area contributed by atoms with E-state index >= 15 is 0 Å². The Bertz CT molecular complexity index is 1480. The number of aromatic nitrogens is 2. The minimum atomic E-state index is -3.57. The van der Waals surface area contributed by atoms with Gasteiger partial charge in [-0.3, -0.25) is 19.6 Å². The highest BCUT2D eigenvalue weighted by Crippen LogP contribution is 2.26. The second-order valence-electron chi connectivity index (χ2n) is 8.76. The second kappa shape index (κ2) is 11.2. The molecule has 0 aliphatic heterocycles. The van der Waals surface area contributed by atoms with Crippen LogP contribution in [-0.2, 0) is 27.7 Å². The molecule has 0 aliphatic carbocycles. The van der Waals surface area contributed by atoms with Crippen molar-refractivity contribution < 1.29 is 13.2 Å². The number of nitrogens with two attached hydrogens (primary N) is 2. The summed E-state index contributed by atoms with van der Waals surface area (Å²) in [5.74, 6) is -0.543. The first kappa shape index (κ1) is 27.4. The lowest BCUT2D eigenvalue weighted by Gasteiger charge is -2.17. The normalized spacial score (nSPS) is 11.4. The Kier molecular flexibility index (Phi) is 8.33. The predicted molar refractivity (Wildman–Crippen MR) is 144 cm³/mol. The van der Waals surface area contributed by atoms with Crippen LogP contribution in [0.4, 0.5) is 11.5 Å². The van der Waals surface area contributed by atoms with E-state index in [1.54, 1.807) is 24.3 Å². The molecule has 0 bridgehead atoms. The van der Waals surface area contributed by atoms with Crippen molar-refractivity contribution in [3.63, 3.8) is 0 Å². The fourth-order valence-corrected chi connectivity index (χ4v) is 4.52. The molecule has 11 nitrogen and oxygen atoms in total. The van der Waals surface area contributed by atoms with Crippen molar-refractivity contribution in [2.75, 3.05) is 16.8 Å². The molecule has 1 heterocycles. The van der Waals surface area contributed by atoms with Crippen LogP contribution in [0, 0.1) is 5.41 Å². The van der Waals surface area contributed by atoms with Crippen molar-refractivity contribution in [2.45, 2.75) is 44.8 Å². The zero-order valence-corrected chi connectivity index (χ0v) is 21.7. The molecule has 0 aliphatic rings. The molecule has 7 N–H and O–H groups in total. The highest BCUT2D eigenvalue weighted by atomic mass is 32.2. The van der Waals surface area contributed by atoms with Crippen molar-refractivity contribution in [3.8, 4) is 11.3 Å². The summed E-state index contributed by atoms with van der Waals surface area (Å²) in [4.78, 5) is 30.4. The van der Waals surface area contributed by atoms with E-state index in [0.717, 1.165) is 5.56 Å². The molecule has 0 atom stereocenters. The van der Waals surface area contributed by atoms with E-state index in [1.807, 2.05) is 13.8 Å². The lowest BCUT2D eigenvalue weighted by molar-refractivity contribution is -0.121. The maximum Gasteiger partial charge on any atom is 0.294 e. The van der Waals surface area contributed by atoms with Crippen molar-refractivity contribution in [1.29, 1.82) is 5.41 Å². The van der Waals surface area contributed by atoms with Crippen LogP contribution in [0.1, 0.15) is 31.9 Å². The van der Waals surface area contributed by atoms with E-state index in [4.69, 9.17) is 16.9 Å². The standard InChI is InChI=1S/C25H31N7O4S/c1-4-37(35,36)20-10-18(9-19(26)11-20)21-13-30-24(31-15(2)3)25(34)32(21)14-22(33)29-12-16-5-7-17(8-6-16)23(27)28/h5-11,13,15H,4,12,14,26H2,1-3H3,(H3,27,28)(H,29,33)(H,30,31). The van der Waals surface area contributed by atoms with Crippen molar-refractivity contribution in [2.24, 2.45) is 5.73 Å². The summed E-state index contributed by atoms with van der Waals surface area (Å²) in [6.45, 7) is 5.09. The number of benzene rings is 2. The topological polar surface area (TPSA) is 186 Å². The highest BCUT2D eigenvalue weighted by Gasteiger charge is 2.19. The Balaban J connectivity index is 1.97. The van der Waals surface area contributed by atoms with Crippen LogP contribution in [0.25, 0.3) is 11.3 Å². The number of carbonyl (C=O) groups is 1. The number of rotatable bonds is 10. The molecular weight excluding hydrogens is 494 g/mol. The van der Waals surface area contributed by atoms with Crippen LogP contribution in [0.2, 0.25) is 0 Å². The number of hydrogen-bond donors (Lipinski definition) is 5. The van der Waals surface area contributed by atoms with Gasteiger partial charge in [0, 0.05) is 29.4 Å². The molecule has 1 aromatic heterocycles. The minimum Gasteiger partial charge on any atom is -0.399 e. The number of carbonyl (C=O) groups excluding carboxylic acids is 1. The number of anilines is 2. The number of nitrogen functional groups attached to an aromatic ring is 2. The van der Waals surface area contributed by atoms with Gasteiger partial charge >= 0.3 is 0 Å². The summed E-state index contributed by atoms with van der Waals surface area (Å²) in [6, 6.07) is 11.1. The third-order valence-electron chi connectivity index (χ3n) is 5.50. The smallest absolute Gasteiger partial charge is 0.294 e. The minimum absolute atomic E-state index is 0.0202. The van der Waals surface area contributed by atoms with E-state index in [9.17, 15) is 18.0 Å². The summed E-state index contributed by atoms with van der Waals surface area (Å²) in [5.41, 5.74) is 13.1. The zero-order valence-electron chi connectivity index (χ0n) is 20.9. The van der Waals surface area contributed by atoms with Crippen LogP contribution in [-0.4, -0.2) is 41.5 Å². The third kappa shape index (κ3) is 6.73. The van der Waals surface area contributed by atoms with Gasteiger partial charge in [-0.15, -0.1) is 0 Å². The summed E-state index contributed by atoms with van der Waals surface area (Å²) in [6.07, 6.45) is 1.41. The van der Waals surface area contributed by atoms with E-state index in [-0.39, 0.29) is 52.8 Å². The monoisotopic (exact) mass is 525 g/mol.